The fourth-order valence-electron chi connectivity index (χ4n) is 5.75. The second-order valence-corrected chi connectivity index (χ2v) is 13.3. The summed E-state index contributed by atoms with van der Waals surface area (Å²) < 4.78 is 29.6. The molecule has 48 heavy (non-hydrogen) atoms. The molecular weight excluding hydrogens is 605 g/mol. The van der Waals surface area contributed by atoms with Crippen LogP contribution in [0, 0.1) is 11.7 Å². The summed E-state index contributed by atoms with van der Waals surface area (Å²) in [5.41, 5.74) is 4.48. The lowest BCUT2D eigenvalue weighted by Crippen LogP contribution is -2.29. The van der Waals surface area contributed by atoms with Crippen LogP contribution >= 0.6 is 0 Å². The first kappa shape index (κ1) is 43.4. The van der Waals surface area contributed by atoms with Gasteiger partial charge in [0.05, 0.1) is 19.1 Å². The molecule has 0 radical (unpaired) electrons. The molecule has 1 saturated heterocycles. The van der Waals surface area contributed by atoms with Crippen molar-refractivity contribution < 1.29 is 28.5 Å². The van der Waals surface area contributed by atoms with Crippen molar-refractivity contribution in [1.29, 1.82) is 0 Å². The first-order chi connectivity index (χ1) is 23.1. The number of hydrogen-bond donors (Lipinski definition) is 2. The van der Waals surface area contributed by atoms with E-state index in [9.17, 15) is 9.18 Å². The zero-order valence-electron chi connectivity index (χ0n) is 31.5. The molecule has 4 unspecified atom stereocenters. The molecule has 2 aliphatic rings. The molecule has 3 rings (SSSR count). The minimum Gasteiger partial charge on any atom is -0.496 e. The molecule has 0 amide bonds. The van der Waals surface area contributed by atoms with E-state index >= 15 is 0 Å². The first-order valence-corrected chi connectivity index (χ1v) is 18.6. The highest BCUT2D eigenvalue weighted by Gasteiger charge is 2.18. The molecule has 2 N–H and O–H groups in total. The molecule has 2 aliphatic heterocycles. The minimum atomic E-state index is -0.944. The lowest BCUT2D eigenvalue weighted by molar-refractivity contribution is -0.138. The summed E-state index contributed by atoms with van der Waals surface area (Å²) in [5, 5.41) is 12.2. The number of carboxylic acids is 1. The predicted molar refractivity (Wildman–Crippen MR) is 198 cm³/mol. The Labute approximate surface area is 292 Å². The van der Waals surface area contributed by atoms with Crippen molar-refractivity contribution in [3.63, 3.8) is 0 Å². The maximum absolute atomic E-state index is 12.6. The molecule has 1 aromatic rings. The fraction of sp³-hybridized carbons (Fsp3) is 0.683. The second kappa shape index (κ2) is 26.3. The van der Waals surface area contributed by atoms with Crippen LogP contribution in [0.3, 0.4) is 0 Å². The third kappa shape index (κ3) is 18.8. The Hall–Kier alpha value is -2.64. The number of hydrogen-bond acceptors (Lipinski definition) is 5. The Kier molecular flexibility index (Phi) is 23.7. The zero-order valence-corrected chi connectivity index (χ0v) is 31.5. The smallest absolute Gasteiger partial charge is 0.310 e. The van der Waals surface area contributed by atoms with E-state index in [4.69, 9.17) is 19.3 Å². The average Bonchev–Trinajstić information content (AvgIpc) is 3.09. The summed E-state index contributed by atoms with van der Waals surface area (Å²) in [6.07, 6.45) is 20.6. The van der Waals surface area contributed by atoms with Gasteiger partial charge in [0, 0.05) is 37.1 Å². The van der Waals surface area contributed by atoms with E-state index in [-0.39, 0.29) is 0 Å². The van der Waals surface area contributed by atoms with Gasteiger partial charge in [-0.3, -0.25) is 4.79 Å². The van der Waals surface area contributed by atoms with Crippen LogP contribution in [-0.2, 0) is 19.0 Å². The molecule has 0 aromatic heterocycles. The number of nitrogens with one attached hydrogen (secondary N) is 1. The van der Waals surface area contributed by atoms with Gasteiger partial charge in [0.25, 0.3) is 0 Å². The zero-order chi connectivity index (χ0) is 35.7. The van der Waals surface area contributed by atoms with Gasteiger partial charge in [-0.1, -0.05) is 58.7 Å². The maximum Gasteiger partial charge on any atom is 0.310 e. The second-order valence-electron chi connectivity index (χ2n) is 13.3. The monoisotopic (exact) mass is 674 g/mol. The minimum absolute atomic E-state index is 0.402. The number of allylic oxidation sites excluding steroid dienone is 5. The maximum atomic E-state index is 12.6. The number of aliphatic carboxylic acids is 1. The largest absolute Gasteiger partial charge is 0.496 e. The molecule has 1 aromatic carbocycles. The normalized spacial score (nSPS) is 18.7. The summed E-state index contributed by atoms with van der Waals surface area (Å²) in [7, 11) is 1.80. The van der Waals surface area contributed by atoms with E-state index in [1.165, 1.54) is 86.9 Å². The number of methoxy groups -OCH3 is 1. The number of rotatable bonds is 17. The number of benzene rings is 1. The van der Waals surface area contributed by atoms with Crippen LogP contribution in [0.1, 0.15) is 143 Å². The van der Waals surface area contributed by atoms with Crippen molar-refractivity contribution in [3.05, 3.63) is 70.4 Å². The third-order valence-corrected chi connectivity index (χ3v) is 9.12. The van der Waals surface area contributed by atoms with Crippen LogP contribution in [0.25, 0.3) is 0 Å². The van der Waals surface area contributed by atoms with Gasteiger partial charge >= 0.3 is 5.97 Å². The number of unbranched alkanes of at least 4 members (excludes halogenated alkanes) is 2. The fourth-order valence-corrected chi connectivity index (χ4v) is 5.75. The van der Waals surface area contributed by atoms with E-state index < -0.39 is 17.7 Å². The van der Waals surface area contributed by atoms with Crippen LogP contribution in [0.2, 0.25) is 0 Å². The molecule has 0 saturated carbocycles. The Morgan fingerprint density at radius 3 is 2.35 bits per heavy atom. The lowest BCUT2D eigenvalue weighted by Gasteiger charge is -2.26. The van der Waals surface area contributed by atoms with Crippen molar-refractivity contribution in [2.45, 2.75) is 150 Å². The van der Waals surface area contributed by atoms with Crippen molar-refractivity contribution >= 4 is 5.97 Å². The highest BCUT2D eigenvalue weighted by molar-refractivity contribution is 5.75. The summed E-state index contributed by atoms with van der Waals surface area (Å²) in [6, 6.07) is 6.18. The van der Waals surface area contributed by atoms with E-state index in [1.807, 2.05) is 0 Å². The Bertz CT molecular complexity index is 1100. The van der Waals surface area contributed by atoms with Crippen LogP contribution in [0.4, 0.5) is 4.39 Å². The van der Waals surface area contributed by atoms with E-state index in [1.54, 1.807) is 13.2 Å². The van der Waals surface area contributed by atoms with Gasteiger partial charge in [0.1, 0.15) is 11.6 Å². The molecule has 2 heterocycles. The van der Waals surface area contributed by atoms with Gasteiger partial charge in [-0.25, -0.2) is 4.39 Å². The van der Waals surface area contributed by atoms with E-state index in [0.29, 0.717) is 17.7 Å². The Morgan fingerprint density at radius 2 is 1.83 bits per heavy atom. The van der Waals surface area contributed by atoms with E-state index in [2.05, 4.69) is 59.0 Å². The predicted octanol–water partition coefficient (Wildman–Crippen LogP) is 10.9. The molecule has 0 spiro atoms. The SMILES string of the molecule is C1CCOCC1.CC(C(=O)O)c1cccc(F)c1.CC/C=C(/C=C(/OC)C1=C(C)NC(C)CC1)CCCCCOC(CC)CC(C)CC. The van der Waals surface area contributed by atoms with Crippen LogP contribution < -0.4 is 5.32 Å². The first-order valence-electron chi connectivity index (χ1n) is 18.6. The summed E-state index contributed by atoms with van der Waals surface area (Å²) in [6.45, 7) is 17.9. The topological polar surface area (TPSA) is 77.0 Å². The van der Waals surface area contributed by atoms with Gasteiger partial charge in [-0.2, -0.15) is 0 Å². The number of ether oxygens (including phenoxy) is 3. The summed E-state index contributed by atoms with van der Waals surface area (Å²) in [5.74, 6) is -0.201. The summed E-state index contributed by atoms with van der Waals surface area (Å²) in [4.78, 5) is 10.5. The average molecular weight is 674 g/mol. The van der Waals surface area contributed by atoms with Crippen LogP contribution in [0.15, 0.2) is 59.0 Å². The highest BCUT2D eigenvalue weighted by atomic mass is 19.1. The molecule has 1 fully saturated rings. The van der Waals surface area contributed by atoms with Gasteiger partial charge in [0.2, 0.25) is 0 Å². The molecule has 6 nitrogen and oxygen atoms in total. The molecule has 0 aliphatic carbocycles. The van der Waals surface area contributed by atoms with Gasteiger partial charge in [-0.15, -0.1) is 0 Å². The highest BCUT2D eigenvalue weighted by Crippen LogP contribution is 2.27. The third-order valence-electron chi connectivity index (χ3n) is 9.12. The molecule has 0 bridgehead atoms. The molecule has 7 heteroatoms. The Balaban J connectivity index is 0.000000514. The van der Waals surface area contributed by atoms with Crippen molar-refractivity contribution in [2.75, 3.05) is 26.9 Å². The van der Waals surface area contributed by atoms with E-state index in [0.717, 1.165) is 70.0 Å². The standard InChI is InChI=1S/C27H49NO2.C9H9FO2.C5H10O/c1-8-14-24(20-27(29-7)26-17-16-22(5)28-23(26)6)15-12-11-13-18-30-25(10-3)19-21(4)9-2;1-6(9(11)12)7-3-2-4-8(10)5-7;1-2-4-6-5-3-1/h14,20-22,25,28H,8-13,15-19H2,1-7H3;2-6H,1H3,(H,11,12);1-5H2/b24-14+,27-20+;;. The number of halogens is 1. The van der Waals surface area contributed by atoms with Crippen molar-refractivity contribution in [3.8, 4) is 0 Å². The Morgan fingerprint density at radius 1 is 1.10 bits per heavy atom. The number of carbonyl (C=O) groups is 1. The molecule has 4 atom stereocenters. The van der Waals surface area contributed by atoms with Crippen molar-refractivity contribution in [1.82, 2.24) is 5.32 Å². The molecule has 274 valence electrons. The van der Waals surface area contributed by atoms with Gasteiger partial charge in [0.15, 0.2) is 0 Å². The molecular formula is C41H68FNO5. The lowest BCUT2D eigenvalue weighted by atomic mass is 9.96. The van der Waals surface area contributed by atoms with Gasteiger partial charge in [-0.05, 0) is 127 Å². The summed E-state index contributed by atoms with van der Waals surface area (Å²) >= 11 is 0. The van der Waals surface area contributed by atoms with Crippen molar-refractivity contribution in [2.24, 2.45) is 5.92 Å². The van der Waals surface area contributed by atoms with Crippen LogP contribution in [0.5, 0.6) is 0 Å². The number of carboxylic acid groups (broad SMARTS) is 1. The van der Waals surface area contributed by atoms with Gasteiger partial charge < -0.3 is 24.6 Å². The van der Waals surface area contributed by atoms with Crippen LogP contribution in [-0.4, -0.2) is 50.2 Å². The quantitative estimate of drug-likeness (QED) is 0.0973.